The van der Waals surface area contributed by atoms with Gasteiger partial charge in [-0.05, 0) is 59.2 Å². The number of ether oxygens (including phenoxy) is 1. The van der Waals surface area contributed by atoms with Gasteiger partial charge in [-0.25, -0.2) is 0 Å². The molecule has 6 heteroatoms. The van der Waals surface area contributed by atoms with Gasteiger partial charge in [0, 0.05) is 18.0 Å². The number of aromatic nitrogens is 1. The molecule has 0 radical (unpaired) electrons. The Kier molecular flexibility index (Phi) is 5.12. The maximum Gasteiger partial charge on any atom is 0.294 e. The highest BCUT2D eigenvalue weighted by Gasteiger charge is 2.10. The molecule has 0 aliphatic heterocycles. The van der Waals surface area contributed by atoms with E-state index in [-0.39, 0.29) is 4.90 Å². The molecule has 0 bridgehead atoms. The number of rotatable bonds is 5. The van der Waals surface area contributed by atoms with Crippen molar-refractivity contribution >= 4 is 10.1 Å². The van der Waals surface area contributed by atoms with Gasteiger partial charge in [0.05, 0.1) is 4.90 Å². The van der Waals surface area contributed by atoms with E-state index in [4.69, 9.17) is 9.29 Å². The van der Waals surface area contributed by atoms with Crippen molar-refractivity contribution in [2.75, 3.05) is 0 Å². The highest BCUT2D eigenvalue weighted by atomic mass is 32.2. The Morgan fingerprint density at radius 3 is 1.90 bits per heavy atom. The molecule has 144 valence electrons. The molecule has 4 rings (SSSR count). The summed E-state index contributed by atoms with van der Waals surface area (Å²) < 4.78 is 37.5. The summed E-state index contributed by atoms with van der Waals surface area (Å²) in [4.78, 5) is 3.92. The minimum Gasteiger partial charge on any atom is -0.457 e. The molecule has 0 spiro atoms. The first-order valence-electron chi connectivity index (χ1n) is 8.86. The predicted octanol–water partition coefficient (Wildman–Crippen LogP) is 5.45. The highest BCUT2D eigenvalue weighted by Crippen LogP contribution is 2.33. The van der Waals surface area contributed by atoms with Crippen LogP contribution in [0.3, 0.4) is 0 Å². The van der Waals surface area contributed by atoms with E-state index in [9.17, 15) is 8.42 Å². The third-order valence-electron chi connectivity index (χ3n) is 4.45. The number of hydrogen-bond donors (Lipinski definition) is 1. The molecule has 1 heterocycles. The molecule has 1 aromatic heterocycles. The van der Waals surface area contributed by atoms with E-state index in [1.807, 2.05) is 60.7 Å². The zero-order chi connectivity index (χ0) is 20.3. The van der Waals surface area contributed by atoms with E-state index in [1.165, 1.54) is 12.1 Å². The summed E-state index contributed by atoms with van der Waals surface area (Å²) in [7, 11) is -4.19. The monoisotopic (exact) mass is 403 g/mol. The molecule has 0 saturated carbocycles. The Bertz CT molecular complexity index is 1220. The number of para-hydroxylation sites is 1. The van der Waals surface area contributed by atoms with Gasteiger partial charge in [-0.3, -0.25) is 9.54 Å². The van der Waals surface area contributed by atoms with E-state index in [2.05, 4.69) is 4.98 Å². The molecule has 0 saturated heterocycles. The summed E-state index contributed by atoms with van der Waals surface area (Å²) in [5, 5.41) is 0. The maximum absolute atomic E-state index is 11.2. The fourth-order valence-electron chi connectivity index (χ4n) is 2.99. The van der Waals surface area contributed by atoms with E-state index in [0.29, 0.717) is 5.75 Å². The smallest absolute Gasteiger partial charge is 0.294 e. The van der Waals surface area contributed by atoms with Gasteiger partial charge in [0.2, 0.25) is 0 Å². The average molecular weight is 403 g/mol. The summed E-state index contributed by atoms with van der Waals surface area (Å²) in [6.45, 7) is 0. The van der Waals surface area contributed by atoms with Gasteiger partial charge in [-0.2, -0.15) is 8.42 Å². The number of benzene rings is 3. The van der Waals surface area contributed by atoms with E-state index in [1.54, 1.807) is 24.5 Å². The largest absolute Gasteiger partial charge is 0.457 e. The molecule has 4 aromatic rings. The molecule has 0 unspecified atom stereocenters. The summed E-state index contributed by atoms with van der Waals surface area (Å²) in [6, 6.07) is 25.2. The van der Waals surface area contributed by atoms with Crippen molar-refractivity contribution in [1.82, 2.24) is 4.98 Å². The van der Waals surface area contributed by atoms with Crippen LogP contribution in [-0.2, 0) is 10.1 Å². The molecule has 0 fully saturated rings. The van der Waals surface area contributed by atoms with Gasteiger partial charge >= 0.3 is 0 Å². The number of nitrogens with zero attached hydrogens (tertiary/aromatic N) is 1. The van der Waals surface area contributed by atoms with Crippen molar-refractivity contribution in [3.05, 3.63) is 97.3 Å². The van der Waals surface area contributed by atoms with Crippen molar-refractivity contribution in [2.45, 2.75) is 4.90 Å². The summed E-state index contributed by atoms with van der Waals surface area (Å²) in [5.41, 5.74) is 3.73. The SMILES string of the molecule is O=S(=O)(O)c1ccc(-c2ccc(Oc3ccccc3-c3ccncc3)cc2)cc1. The molecule has 0 amide bonds. The van der Waals surface area contributed by atoms with Crippen molar-refractivity contribution in [3.63, 3.8) is 0 Å². The van der Waals surface area contributed by atoms with Gasteiger partial charge in [-0.1, -0.05) is 42.5 Å². The van der Waals surface area contributed by atoms with Crippen molar-refractivity contribution in [1.29, 1.82) is 0 Å². The molecule has 5 nitrogen and oxygen atoms in total. The summed E-state index contributed by atoms with van der Waals surface area (Å²) in [6.07, 6.45) is 3.49. The summed E-state index contributed by atoms with van der Waals surface area (Å²) in [5.74, 6) is 1.42. The molecule has 0 aliphatic carbocycles. The van der Waals surface area contributed by atoms with Crippen molar-refractivity contribution < 1.29 is 17.7 Å². The lowest BCUT2D eigenvalue weighted by atomic mass is 10.1. The first kappa shape index (κ1) is 18.9. The quantitative estimate of drug-likeness (QED) is 0.448. The predicted molar refractivity (Wildman–Crippen MR) is 111 cm³/mol. The molecule has 1 N–H and O–H groups in total. The van der Waals surface area contributed by atoms with Gasteiger partial charge < -0.3 is 4.74 Å². The molecule has 0 aliphatic rings. The fraction of sp³-hybridized carbons (Fsp3) is 0. The minimum absolute atomic E-state index is 0.131. The second-order valence-corrected chi connectivity index (χ2v) is 7.78. The number of hydrogen-bond acceptors (Lipinski definition) is 4. The maximum atomic E-state index is 11.2. The Balaban J connectivity index is 1.57. The number of pyridine rings is 1. The van der Waals surface area contributed by atoms with Crippen LogP contribution in [0.15, 0.2) is 102 Å². The first-order chi connectivity index (χ1) is 14.0. The second kappa shape index (κ2) is 7.87. The van der Waals surface area contributed by atoms with Gasteiger partial charge in [0.15, 0.2) is 0 Å². The van der Waals surface area contributed by atoms with Crippen LogP contribution in [-0.4, -0.2) is 18.0 Å². The Hall–Kier alpha value is -3.48. The van der Waals surface area contributed by atoms with Crippen LogP contribution in [0.4, 0.5) is 0 Å². The van der Waals surface area contributed by atoms with E-state index in [0.717, 1.165) is 28.0 Å². The zero-order valence-corrected chi connectivity index (χ0v) is 16.1. The Morgan fingerprint density at radius 1 is 0.690 bits per heavy atom. The second-order valence-electron chi connectivity index (χ2n) is 6.36. The lowest BCUT2D eigenvalue weighted by molar-refractivity contribution is 0.483. The molecular weight excluding hydrogens is 386 g/mol. The minimum atomic E-state index is -4.19. The lowest BCUT2D eigenvalue weighted by Gasteiger charge is -2.12. The molecular formula is C23H17NO4S. The van der Waals surface area contributed by atoms with E-state index < -0.39 is 10.1 Å². The van der Waals surface area contributed by atoms with Crippen LogP contribution in [0.25, 0.3) is 22.3 Å². The van der Waals surface area contributed by atoms with Crippen molar-refractivity contribution in [3.8, 4) is 33.8 Å². The van der Waals surface area contributed by atoms with Crippen LogP contribution in [0.5, 0.6) is 11.5 Å². The lowest BCUT2D eigenvalue weighted by Crippen LogP contribution is -1.97. The van der Waals surface area contributed by atoms with Crippen LogP contribution in [0.2, 0.25) is 0 Å². The fourth-order valence-corrected chi connectivity index (χ4v) is 3.47. The highest BCUT2D eigenvalue weighted by molar-refractivity contribution is 7.85. The van der Waals surface area contributed by atoms with Crippen LogP contribution in [0, 0.1) is 0 Å². The van der Waals surface area contributed by atoms with Gasteiger partial charge in [-0.15, -0.1) is 0 Å². The van der Waals surface area contributed by atoms with Crippen LogP contribution < -0.4 is 4.74 Å². The zero-order valence-electron chi connectivity index (χ0n) is 15.3. The first-order valence-corrected chi connectivity index (χ1v) is 10.3. The van der Waals surface area contributed by atoms with Crippen molar-refractivity contribution in [2.24, 2.45) is 0 Å². The van der Waals surface area contributed by atoms with Crippen LogP contribution >= 0.6 is 0 Å². The molecule has 3 aromatic carbocycles. The Labute approximate surface area is 169 Å². The van der Waals surface area contributed by atoms with Gasteiger partial charge in [0.1, 0.15) is 11.5 Å². The molecule has 0 atom stereocenters. The van der Waals surface area contributed by atoms with E-state index >= 15 is 0 Å². The third-order valence-corrected chi connectivity index (χ3v) is 5.31. The average Bonchev–Trinajstić information content (AvgIpc) is 2.75. The third kappa shape index (κ3) is 4.34. The summed E-state index contributed by atoms with van der Waals surface area (Å²) >= 11 is 0. The normalized spacial score (nSPS) is 11.2. The van der Waals surface area contributed by atoms with Gasteiger partial charge in [0.25, 0.3) is 10.1 Å². The standard InChI is InChI=1S/C23H17NO4S/c25-29(26,27)21-11-7-18(8-12-21)17-5-9-20(10-6-17)28-23-4-2-1-3-22(23)19-13-15-24-16-14-19/h1-16H,(H,25,26,27). The topological polar surface area (TPSA) is 76.5 Å². The Morgan fingerprint density at radius 2 is 1.28 bits per heavy atom. The molecule has 29 heavy (non-hydrogen) atoms. The van der Waals surface area contributed by atoms with Crippen LogP contribution in [0.1, 0.15) is 0 Å².